The molecule has 0 aromatic heterocycles. The van der Waals surface area contributed by atoms with E-state index in [2.05, 4.69) is 0 Å². The van der Waals surface area contributed by atoms with E-state index >= 15 is 0 Å². The minimum atomic E-state index is -3.56. The zero-order chi connectivity index (χ0) is 12.5. The molecular weight excluding hydrogens is 250 g/mol. The van der Waals surface area contributed by atoms with Gasteiger partial charge in [-0.2, -0.15) is 0 Å². The molecule has 6 heteroatoms. The zero-order valence-corrected chi connectivity index (χ0v) is 10.8. The fourth-order valence-corrected chi connectivity index (χ4v) is 2.40. The highest BCUT2D eigenvalue weighted by molar-refractivity contribution is 7.89. The molecule has 1 aromatic rings. The van der Waals surface area contributed by atoms with Gasteiger partial charge >= 0.3 is 0 Å². The maximum atomic E-state index is 11.8. The van der Waals surface area contributed by atoms with Crippen molar-refractivity contribution < 1.29 is 13.2 Å². The molecule has 0 saturated carbocycles. The van der Waals surface area contributed by atoms with Gasteiger partial charge in [-0.3, -0.25) is 4.79 Å². The normalized spacial score (nSPS) is 11.8. The van der Waals surface area contributed by atoms with Crippen LogP contribution in [0.15, 0.2) is 23.1 Å². The number of halogens is 1. The number of nitrogens with zero attached hydrogens (tertiary/aromatic N) is 1. The lowest BCUT2D eigenvalue weighted by Crippen LogP contribution is -2.22. The molecule has 0 bridgehead atoms. The SMILES string of the molecule is CC(=O)c1cc(Cl)cc(S(=O)(=O)N(C)C)c1. The van der Waals surface area contributed by atoms with Gasteiger partial charge < -0.3 is 0 Å². The monoisotopic (exact) mass is 261 g/mol. The number of carbonyl (C=O) groups is 1. The Morgan fingerprint density at radius 1 is 1.25 bits per heavy atom. The molecule has 0 heterocycles. The largest absolute Gasteiger partial charge is 0.295 e. The van der Waals surface area contributed by atoms with Crippen molar-refractivity contribution in [1.29, 1.82) is 0 Å². The second-order valence-electron chi connectivity index (χ2n) is 3.52. The van der Waals surface area contributed by atoms with Crippen molar-refractivity contribution in [2.45, 2.75) is 11.8 Å². The first-order valence-corrected chi connectivity index (χ1v) is 6.31. The van der Waals surface area contributed by atoms with Gasteiger partial charge in [-0.1, -0.05) is 11.6 Å². The van der Waals surface area contributed by atoms with Gasteiger partial charge in [-0.25, -0.2) is 12.7 Å². The minimum absolute atomic E-state index is 0.0233. The molecule has 0 unspecified atom stereocenters. The molecule has 0 spiro atoms. The standard InChI is InChI=1S/C10H12ClNO3S/c1-7(13)8-4-9(11)6-10(5-8)16(14,15)12(2)3/h4-6H,1-3H3. The first-order chi connectivity index (χ1) is 7.25. The number of Topliss-reactive ketones (excluding diaryl/α,β-unsaturated/α-hetero) is 1. The maximum Gasteiger partial charge on any atom is 0.242 e. The van der Waals surface area contributed by atoms with Crippen LogP contribution in [0.25, 0.3) is 0 Å². The maximum absolute atomic E-state index is 11.8. The fourth-order valence-electron chi connectivity index (χ4n) is 1.13. The quantitative estimate of drug-likeness (QED) is 0.780. The van der Waals surface area contributed by atoms with E-state index in [1.807, 2.05) is 0 Å². The number of rotatable bonds is 3. The van der Waals surface area contributed by atoms with E-state index in [-0.39, 0.29) is 21.3 Å². The summed E-state index contributed by atoms with van der Waals surface area (Å²) in [6.45, 7) is 1.36. The van der Waals surface area contributed by atoms with Crippen molar-refractivity contribution in [2.24, 2.45) is 0 Å². The van der Waals surface area contributed by atoms with Crippen LogP contribution in [0.5, 0.6) is 0 Å². The van der Waals surface area contributed by atoms with Crippen LogP contribution in [0.2, 0.25) is 5.02 Å². The smallest absolute Gasteiger partial charge is 0.242 e. The number of sulfonamides is 1. The third-order valence-corrected chi connectivity index (χ3v) is 4.07. The number of ketones is 1. The molecule has 0 fully saturated rings. The van der Waals surface area contributed by atoms with Crippen LogP contribution >= 0.6 is 11.6 Å². The van der Waals surface area contributed by atoms with E-state index in [4.69, 9.17) is 11.6 Å². The third kappa shape index (κ3) is 2.61. The summed E-state index contributed by atoms with van der Waals surface area (Å²) in [5.41, 5.74) is 0.285. The molecule has 0 N–H and O–H groups in total. The van der Waals surface area contributed by atoms with Crippen LogP contribution < -0.4 is 0 Å². The van der Waals surface area contributed by atoms with Crippen molar-refractivity contribution in [1.82, 2.24) is 4.31 Å². The van der Waals surface area contributed by atoms with Crippen molar-refractivity contribution in [3.63, 3.8) is 0 Å². The second kappa shape index (κ2) is 4.53. The van der Waals surface area contributed by atoms with Crippen molar-refractivity contribution in [3.05, 3.63) is 28.8 Å². The molecule has 4 nitrogen and oxygen atoms in total. The van der Waals surface area contributed by atoms with Gasteiger partial charge in [-0.05, 0) is 25.1 Å². The van der Waals surface area contributed by atoms with E-state index in [0.29, 0.717) is 0 Å². The van der Waals surface area contributed by atoms with Crippen molar-refractivity contribution in [3.8, 4) is 0 Å². The average molecular weight is 262 g/mol. The molecule has 0 saturated heterocycles. The van der Waals surface area contributed by atoms with Gasteiger partial charge in [0, 0.05) is 24.7 Å². The lowest BCUT2D eigenvalue weighted by Gasteiger charge is -2.12. The van der Waals surface area contributed by atoms with Crippen LogP contribution in [-0.4, -0.2) is 32.6 Å². The summed E-state index contributed by atoms with van der Waals surface area (Å²) >= 11 is 5.77. The number of carbonyl (C=O) groups excluding carboxylic acids is 1. The van der Waals surface area contributed by atoms with Crippen LogP contribution in [-0.2, 0) is 10.0 Å². The number of hydrogen-bond acceptors (Lipinski definition) is 3. The zero-order valence-electron chi connectivity index (χ0n) is 9.19. The molecule has 16 heavy (non-hydrogen) atoms. The summed E-state index contributed by atoms with van der Waals surface area (Å²) < 4.78 is 24.7. The fraction of sp³-hybridized carbons (Fsp3) is 0.300. The molecule has 0 atom stereocenters. The van der Waals surface area contributed by atoms with Crippen LogP contribution in [0.1, 0.15) is 17.3 Å². The summed E-state index contributed by atoms with van der Waals surface area (Å²) in [5, 5.41) is 0.230. The van der Waals surface area contributed by atoms with E-state index < -0.39 is 10.0 Å². The summed E-state index contributed by atoms with van der Waals surface area (Å²) in [6.07, 6.45) is 0. The molecule has 0 radical (unpaired) electrons. The van der Waals surface area contributed by atoms with Gasteiger partial charge in [-0.15, -0.1) is 0 Å². The number of benzene rings is 1. The predicted octanol–water partition coefficient (Wildman–Crippen LogP) is 1.79. The van der Waals surface area contributed by atoms with Crippen molar-refractivity contribution in [2.75, 3.05) is 14.1 Å². The van der Waals surface area contributed by atoms with Crippen molar-refractivity contribution >= 4 is 27.4 Å². The van der Waals surface area contributed by atoms with Gasteiger partial charge in [0.15, 0.2) is 5.78 Å². The Kier molecular flexibility index (Phi) is 3.72. The Labute approximate surface area is 99.9 Å². The third-order valence-electron chi connectivity index (χ3n) is 2.06. The topological polar surface area (TPSA) is 54.5 Å². The summed E-state index contributed by atoms with van der Waals surface area (Å²) in [6, 6.07) is 4.09. The Morgan fingerprint density at radius 3 is 2.25 bits per heavy atom. The lowest BCUT2D eigenvalue weighted by atomic mass is 10.1. The summed E-state index contributed by atoms with van der Waals surface area (Å²) in [4.78, 5) is 11.2. The second-order valence-corrected chi connectivity index (χ2v) is 6.11. The Morgan fingerprint density at radius 2 is 1.81 bits per heavy atom. The van der Waals surface area contributed by atoms with E-state index in [1.165, 1.54) is 39.2 Å². The molecule has 0 aliphatic heterocycles. The highest BCUT2D eigenvalue weighted by Gasteiger charge is 2.19. The lowest BCUT2D eigenvalue weighted by molar-refractivity contribution is 0.101. The van der Waals surface area contributed by atoms with E-state index in [1.54, 1.807) is 0 Å². The van der Waals surface area contributed by atoms with Gasteiger partial charge in [0.2, 0.25) is 10.0 Å². The van der Waals surface area contributed by atoms with E-state index in [9.17, 15) is 13.2 Å². The molecule has 88 valence electrons. The van der Waals surface area contributed by atoms with Crippen LogP contribution in [0, 0.1) is 0 Å². The van der Waals surface area contributed by atoms with E-state index in [0.717, 1.165) is 4.31 Å². The van der Waals surface area contributed by atoms with Gasteiger partial charge in [0.1, 0.15) is 0 Å². The highest BCUT2D eigenvalue weighted by Crippen LogP contribution is 2.21. The Hall–Kier alpha value is -0.910. The molecule has 1 rings (SSSR count). The Balaban J connectivity index is 3.42. The Bertz CT molecular complexity index is 523. The molecule has 0 amide bonds. The molecule has 0 aliphatic rings. The summed E-state index contributed by atoms with van der Waals surface area (Å²) in [5.74, 6) is -0.224. The molecule has 0 aliphatic carbocycles. The average Bonchev–Trinajstić information content (AvgIpc) is 2.16. The predicted molar refractivity (Wildman–Crippen MR) is 62.3 cm³/mol. The highest BCUT2D eigenvalue weighted by atomic mass is 35.5. The number of hydrogen-bond donors (Lipinski definition) is 0. The first kappa shape index (κ1) is 13.2. The first-order valence-electron chi connectivity index (χ1n) is 4.49. The van der Waals surface area contributed by atoms with Gasteiger partial charge in [0.25, 0.3) is 0 Å². The van der Waals surface area contributed by atoms with Crippen LogP contribution in [0.4, 0.5) is 0 Å². The minimum Gasteiger partial charge on any atom is -0.295 e. The van der Waals surface area contributed by atoms with Crippen LogP contribution in [0.3, 0.4) is 0 Å². The van der Waals surface area contributed by atoms with Gasteiger partial charge in [0.05, 0.1) is 4.90 Å². The molecular formula is C10H12ClNO3S. The summed E-state index contributed by atoms with van der Waals surface area (Å²) in [7, 11) is -0.718. The molecule has 1 aromatic carbocycles.